The van der Waals surface area contributed by atoms with Crippen molar-refractivity contribution in [3.05, 3.63) is 41.5 Å². The highest BCUT2D eigenvalue weighted by Crippen LogP contribution is 2.31. The van der Waals surface area contributed by atoms with Crippen molar-refractivity contribution in [1.29, 1.82) is 0 Å². The van der Waals surface area contributed by atoms with Gasteiger partial charge in [0.2, 0.25) is 0 Å². The minimum absolute atomic E-state index is 0.0202. The molecule has 1 amide bonds. The molecule has 1 atom stereocenters. The number of aryl methyl sites for hydroxylation is 1. The van der Waals surface area contributed by atoms with Crippen molar-refractivity contribution in [3.63, 3.8) is 0 Å². The number of nitrogens with zero attached hydrogens (tertiary/aromatic N) is 3. The fraction of sp³-hybridized carbons (Fsp3) is 0.438. The van der Waals surface area contributed by atoms with Gasteiger partial charge >= 0.3 is 0 Å². The normalized spacial score (nSPS) is 17.5. The van der Waals surface area contributed by atoms with Gasteiger partial charge in [0, 0.05) is 18.7 Å². The maximum absolute atomic E-state index is 12.8. The van der Waals surface area contributed by atoms with Gasteiger partial charge in [0.1, 0.15) is 18.2 Å². The molecule has 0 bridgehead atoms. The van der Waals surface area contributed by atoms with Gasteiger partial charge in [-0.1, -0.05) is 6.07 Å². The number of carbonyl (C=O) groups is 1. The number of aromatic amines is 1. The number of aromatic nitrogens is 3. The van der Waals surface area contributed by atoms with Gasteiger partial charge in [-0.05, 0) is 38.0 Å². The highest BCUT2D eigenvalue weighted by molar-refractivity contribution is 5.95. The molecule has 122 valence electrons. The van der Waals surface area contributed by atoms with Crippen LogP contribution in [0.1, 0.15) is 40.9 Å². The molecule has 2 heterocycles. The molecule has 0 radical (unpaired) electrons. The molecule has 0 spiro atoms. The van der Waals surface area contributed by atoms with Crippen molar-refractivity contribution in [2.45, 2.75) is 25.8 Å². The molecule has 0 saturated carbocycles. The number of likely N-dealkylation sites (tertiary alicyclic amines) is 1. The minimum atomic E-state index is -0.0685. The first kappa shape index (κ1) is 15.5. The van der Waals surface area contributed by atoms with Crippen LogP contribution in [0.5, 0.6) is 5.75 Å². The van der Waals surface area contributed by atoms with E-state index >= 15 is 0 Å². The summed E-state index contributed by atoms with van der Waals surface area (Å²) in [5, 5.41) is 7.06. The summed E-state index contributed by atoms with van der Waals surface area (Å²) in [5.41, 5.74) is 6.05. The third kappa shape index (κ3) is 3.34. The van der Waals surface area contributed by atoms with Crippen LogP contribution in [0.3, 0.4) is 0 Å². The summed E-state index contributed by atoms with van der Waals surface area (Å²) in [5.74, 6) is 2.08. The zero-order valence-electron chi connectivity index (χ0n) is 13.2. The van der Waals surface area contributed by atoms with Crippen molar-refractivity contribution in [2.75, 3.05) is 19.7 Å². The van der Waals surface area contributed by atoms with Crippen LogP contribution in [0.2, 0.25) is 0 Å². The monoisotopic (exact) mass is 315 g/mol. The van der Waals surface area contributed by atoms with Crippen LogP contribution in [0, 0.1) is 6.92 Å². The Balaban J connectivity index is 1.79. The van der Waals surface area contributed by atoms with Gasteiger partial charge in [0.15, 0.2) is 5.82 Å². The predicted molar refractivity (Wildman–Crippen MR) is 85.1 cm³/mol. The van der Waals surface area contributed by atoms with Crippen LogP contribution in [0.25, 0.3) is 0 Å². The summed E-state index contributed by atoms with van der Waals surface area (Å²) in [6.07, 6.45) is 1.83. The largest absolute Gasteiger partial charge is 0.492 e. The Bertz CT molecular complexity index is 685. The molecule has 1 aromatic heterocycles. The second kappa shape index (κ2) is 6.78. The van der Waals surface area contributed by atoms with Gasteiger partial charge in [-0.2, -0.15) is 5.10 Å². The lowest BCUT2D eigenvalue weighted by molar-refractivity contribution is 0.0729. The average Bonchev–Trinajstić information content (AvgIpc) is 3.21. The summed E-state index contributed by atoms with van der Waals surface area (Å²) in [7, 11) is 0. The molecule has 1 aliphatic heterocycles. The summed E-state index contributed by atoms with van der Waals surface area (Å²) >= 11 is 0. The second-order valence-electron chi connectivity index (χ2n) is 5.60. The third-order valence-electron chi connectivity index (χ3n) is 3.89. The summed E-state index contributed by atoms with van der Waals surface area (Å²) in [6, 6.07) is 7.14. The van der Waals surface area contributed by atoms with E-state index < -0.39 is 0 Å². The van der Waals surface area contributed by atoms with Gasteiger partial charge in [-0.15, -0.1) is 0 Å². The number of carbonyl (C=O) groups excluding carboxylic acids is 1. The number of nitrogens with two attached hydrogens (primary N) is 1. The zero-order chi connectivity index (χ0) is 16.2. The molecule has 23 heavy (non-hydrogen) atoms. The number of H-pyrrole nitrogens is 1. The van der Waals surface area contributed by atoms with Crippen LogP contribution in [0.15, 0.2) is 24.3 Å². The van der Waals surface area contributed by atoms with Crippen LogP contribution < -0.4 is 10.5 Å². The minimum Gasteiger partial charge on any atom is -0.492 e. The van der Waals surface area contributed by atoms with Crippen LogP contribution >= 0.6 is 0 Å². The van der Waals surface area contributed by atoms with E-state index in [0.717, 1.165) is 18.7 Å². The quantitative estimate of drug-likeness (QED) is 0.870. The summed E-state index contributed by atoms with van der Waals surface area (Å²) in [6.45, 7) is 3.44. The highest BCUT2D eigenvalue weighted by atomic mass is 16.5. The first-order valence-corrected chi connectivity index (χ1v) is 7.82. The number of amides is 1. The molecule has 3 rings (SSSR count). The van der Waals surface area contributed by atoms with Crippen molar-refractivity contribution in [2.24, 2.45) is 5.73 Å². The fourth-order valence-corrected chi connectivity index (χ4v) is 2.85. The fourth-order valence-electron chi connectivity index (χ4n) is 2.85. The Morgan fingerprint density at radius 2 is 2.39 bits per heavy atom. The second-order valence-corrected chi connectivity index (χ2v) is 5.60. The third-order valence-corrected chi connectivity index (χ3v) is 3.89. The Kier molecular flexibility index (Phi) is 4.57. The van der Waals surface area contributed by atoms with Crippen LogP contribution in [-0.4, -0.2) is 45.7 Å². The first-order chi connectivity index (χ1) is 11.2. The topological polar surface area (TPSA) is 97.1 Å². The lowest BCUT2D eigenvalue weighted by atomic mass is 10.1. The molecule has 7 nitrogen and oxygen atoms in total. The molecule has 3 N–H and O–H groups in total. The molecule has 1 fully saturated rings. The Morgan fingerprint density at radius 1 is 1.52 bits per heavy atom. The molecule has 0 aliphatic carbocycles. The molecule has 2 aromatic rings. The molecular weight excluding hydrogens is 294 g/mol. The van der Waals surface area contributed by atoms with Gasteiger partial charge in [0.25, 0.3) is 5.91 Å². The van der Waals surface area contributed by atoms with Crippen LogP contribution in [0.4, 0.5) is 0 Å². The summed E-state index contributed by atoms with van der Waals surface area (Å²) in [4.78, 5) is 19.1. The average molecular weight is 315 g/mol. The van der Waals surface area contributed by atoms with Crippen molar-refractivity contribution in [3.8, 4) is 5.75 Å². The molecule has 1 aromatic carbocycles. The SMILES string of the molecule is Cc1nc(C2CCCN2C(=O)c2cccc(OCCN)c2)n[nH]1. The Hall–Kier alpha value is -2.41. The van der Waals surface area contributed by atoms with Crippen molar-refractivity contribution < 1.29 is 9.53 Å². The van der Waals surface area contributed by atoms with Gasteiger partial charge in [-0.3, -0.25) is 9.89 Å². The smallest absolute Gasteiger partial charge is 0.254 e. The predicted octanol–water partition coefficient (Wildman–Crippen LogP) is 1.43. The molecule has 1 saturated heterocycles. The molecule has 7 heteroatoms. The maximum atomic E-state index is 12.8. The van der Waals surface area contributed by atoms with Crippen molar-refractivity contribution in [1.82, 2.24) is 20.1 Å². The molecule has 1 unspecified atom stereocenters. The van der Waals surface area contributed by atoms with Crippen molar-refractivity contribution >= 4 is 5.91 Å². The number of rotatable bonds is 5. The zero-order valence-corrected chi connectivity index (χ0v) is 13.2. The van der Waals surface area contributed by atoms with E-state index in [4.69, 9.17) is 10.5 Å². The number of benzene rings is 1. The summed E-state index contributed by atoms with van der Waals surface area (Å²) < 4.78 is 5.50. The van der Waals surface area contributed by atoms with E-state index in [1.807, 2.05) is 24.0 Å². The number of ether oxygens (including phenoxy) is 1. The van der Waals surface area contributed by atoms with E-state index in [-0.39, 0.29) is 11.9 Å². The van der Waals surface area contributed by atoms with E-state index in [0.29, 0.717) is 36.8 Å². The molecular formula is C16H21N5O2. The Labute approximate surface area is 134 Å². The number of nitrogens with one attached hydrogen (secondary N) is 1. The highest BCUT2D eigenvalue weighted by Gasteiger charge is 2.33. The first-order valence-electron chi connectivity index (χ1n) is 7.82. The van der Waals surface area contributed by atoms with E-state index in [1.165, 1.54) is 0 Å². The standard InChI is InChI=1S/C16H21N5O2/c1-11-18-15(20-19-11)14-6-3-8-21(14)16(22)12-4-2-5-13(10-12)23-9-7-17/h2,4-5,10,14H,3,6-9,17H2,1H3,(H,18,19,20). The lowest BCUT2D eigenvalue weighted by Gasteiger charge is -2.22. The van der Waals surface area contributed by atoms with Crippen LogP contribution in [-0.2, 0) is 0 Å². The van der Waals surface area contributed by atoms with Gasteiger partial charge < -0.3 is 15.4 Å². The number of hydrogen-bond donors (Lipinski definition) is 2. The number of hydrogen-bond acceptors (Lipinski definition) is 5. The van der Waals surface area contributed by atoms with Gasteiger partial charge in [0.05, 0.1) is 6.04 Å². The lowest BCUT2D eigenvalue weighted by Crippen LogP contribution is -2.31. The van der Waals surface area contributed by atoms with E-state index in [1.54, 1.807) is 12.1 Å². The Morgan fingerprint density at radius 3 is 3.13 bits per heavy atom. The maximum Gasteiger partial charge on any atom is 0.254 e. The van der Waals surface area contributed by atoms with E-state index in [9.17, 15) is 4.79 Å². The molecule has 1 aliphatic rings. The van der Waals surface area contributed by atoms with Gasteiger partial charge in [-0.25, -0.2) is 4.98 Å². The van der Waals surface area contributed by atoms with E-state index in [2.05, 4.69) is 15.2 Å².